The summed E-state index contributed by atoms with van der Waals surface area (Å²) in [4.78, 5) is 34.1. The summed E-state index contributed by atoms with van der Waals surface area (Å²) in [6.45, 7) is 4.33. The van der Waals surface area contributed by atoms with Crippen LogP contribution in [0.5, 0.6) is 0 Å². The minimum atomic E-state index is -1.26. The van der Waals surface area contributed by atoms with Crippen molar-refractivity contribution in [2.75, 3.05) is 26.2 Å². The first-order valence-corrected chi connectivity index (χ1v) is 12.6. The van der Waals surface area contributed by atoms with Crippen LogP contribution < -0.4 is 10.6 Å². The number of rotatable bonds is 14. The number of H-pyrrole nitrogens is 1. The summed E-state index contributed by atoms with van der Waals surface area (Å²) >= 11 is 0. The van der Waals surface area contributed by atoms with Crippen LogP contribution in [0.15, 0.2) is 73.2 Å². The van der Waals surface area contributed by atoms with Gasteiger partial charge in [0, 0.05) is 36.8 Å². The molecule has 10 heteroatoms. The van der Waals surface area contributed by atoms with Gasteiger partial charge in [0.25, 0.3) is 0 Å². The van der Waals surface area contributed by atoms with E-state index >= 15 is 0 Å². The molecule has 1 heterocycles. The highest BCUT2D eigenvalue weighted by Gasteiger charge is 2.28. The maximum absolute atomic E-state index is 13.1. The van der Waals surface area contributed by atoms with Crippen LogP contribution in [0.25, 0.3) is 0 Å². The Morgan fingerprint density at radius 2 is 1.79 bits per heavy atom. The topological polar surface area (TPSA) is 140 Å². The summed E-state index contributed by atoms with van der Waals surface area (Å²) in [6, 6.07) is 18.3. The third kappa shape index (κ3) is 8.98. The molecule has 5 N–H and O–H groups in total. The number of benzene rings is 2. The molecule has 2 aromatic carbocycles. The molecule has 3 rings (SSSR count). The fraction of sp³-hybridized carbons (Fsp3) is 0.393. The first-order valence-electron chi connectivity index (χ1n) is 12.6. The van der Waals surface area contributed by atoms with Gasteiger partial charge in [-0.3, -0.25) is 10.1 Å². The Bertz CT molecular complexity index is 1110. The summed E-state index contributed by atoms with van der Waals surface area (Å²) in [7, 11) is 0. The number of nitrogens with zero attached hydrogens (tertiary/aromatic N) is 2. The number of imidazole rings is 1. The van der Waals surface area contributed by atoms with Gasteiger partial charge in [0.15, 0.2) is 0 Å². The highest BCUT2D eigenvalue weighted by atomic mass is 16.5. The van der Waals surface area contributed by atoms with Crippen molar-refractivity contribution in [3.05, 3.63) is 90.0 Å². The van der Waals surface area contributed by atoms with Gasteiger partial charge in [-0.2, -0.15) is 0 Å². The van der Waals surface area contributed by atoms with Crippen molar-refractivity contribution < 1.29 is 24.5 Å². The quantitative estimate of drug-likeness (QED) is 0.204. The van der Waals surface area contributed by atoms with Gasteiger partial charge in [-0.1, -0.05) is 74.5 Å². The molecule has 0 saturated heterocycles. The van der Waals surface area contributed by atoms with Gasteiger partial charge in [-0.15, -0.1) is 0 Å². The van der Waals surface area contributed by atoms with Crippen LogP contribution in [0.1, 0.15) is 30.7 Å². The van der Waals surface area contributed by atoms with E-state index in [0.29, 0.717) is 12.2 Å². The third-order valence-corrected chi connectivity index (χ3v) is 6.22. The molecule has 204 valence electrons. The van der Waals surface area contributed by atoms with Gasteiger partial charge < -0.3 is 30.2 Å². The lowest BCUT2D eigenvalue weighted by Gasteiger charge is -2.33. The van der Waals surface area contributed by atoms with Gasteiger partial charge >= 0.3 is 6.09 Å². The van der Waals surface area contributed by atoms with E-state index in [0.717, 1.165) is 11.1 Å². The van der Waals surface area contributed by atoms with E-state index in [-0.39, 0.29) is 44.0 Å². The van der Waals surface area contributed by atoms with Crippen LogP contribution >= 0.6 is 0 Å². The minimum absolute atomic E-state index is 0.0821. The van der Waals surface area contributed by atoms with Crippen LogP contribution in [0.3, 0.4) is 0 Å². The van der Waals surface area contributed by atoms with Gasteiger partial charge in [0.05, 0.1) is 25.5 Å². The molecule has 0 spiro atoms. The van der Waals surface area contributed by atoms with Gasteiger partial charge in [0.1, 0.15) is 12.8 Å². The number of aliphatic hydroxyl groups is 2. The number of hydrogen-bond acceptors (Lipinski definition) is 7. The van der Waals surface area contributed by atoms with E-state index in [2.05, 4.69) is 20.6 Å². The minimum Gasteiger partial charge on any atom is -0.445 e. The van der Waals surface area contributed by atoms with Crippen LogP contribution in [0, 0.1) is 0 Å². The molecule has 0 aliphatic carbocycles. The number of amides is 2. The highest BCUT2D eigenvalue weighted by molar-refractivity contribution is 5.78. The zero-order chi connectivity index (χ0) is 27.4. The Hall–Kier alpha value is -3.73. The van der Waals surface area contributed by atoms with E-state index < -0.39 is 18.4 Å². The summed E-state index contributed by atoms with van der Waals surface area (Å²) in [5, 5.41) is 25.9. The summed E-state index contributed by atoms with van der Waals surface area (Å²) in [5.74, 6) is -0.283. The van der Waals surface area contributed by atoms with Crippen molar-refractivity contribution >= 4 is 12.0 Å². The Kier molecular flexibility index (Phi) is 10.8. The number of aromatic amines is 1. The fourth-order valence-electron chi connectivity index (χ4n) is 4.11. The van der Waals surface area contributed by atoms with E-state index in [1.54, 1.807) is 11.1 Å². The molecular formula is C28H37N5O5. The Labute approximate surface area is 223 Å². The first-order chi connectivity index (χ1) is 18.3. The number of carbonyl (C=O) groups is 2. The smallest absolute Gasteiger partial charge is 0.407 e. The molecule has 38 heavy (non-hydrogen) atoms. The molecule has 0 bridgehead atoms. The molecule has 2 amide bonds. The zero-order valence-corrected chi connectivity index (χ0v) is 21.8. The molecular weight excluding hydrogens is 486 g/mol. The second-order valence-electron chi connectivity index (χ2n) is 9.71. The lowest BCUT2D eigenvalue weighted by atomic mass is 9.84. The fourth-order valence-corrected chi connectivity index (χ4v) is 4.11. The molecule has 0 saturated carbocycles. The number of aromatic nitrogens is 2. The molecule has 0 fully saturated rings. The van der Waals surface area contributed by atoms with Crippen LogP contribution in [-0.2, 0) is 28.0 Å². The van der Waals surface area contributed by atoms with Crippen LogP contribution in [0.4, 0.5) is 4.79 Å². The SMILES string of the molecule is CC(C)(CN(CCO)C(=O)CN[C@@H](O)[C@H](Cc1cnc[nH]1)NC(=O)OCc1ccccc1)c1ccccc1. The van der Waals surface area contributed by atoms with E-state index in [1.165, 1.54) is 6.33 Å². The third-order valence-electron chi connectivity index (χ3n) is 6.22. The lowest BCUT2D eigenvalue weighted by Crippen LogP contribution is -2.54. The molecule has 1 aromatic heterocycles. The van der Waals surface area contributed by atoms with Crippen molar-refractivity contribution in [3.63, 3.8) is 0 Å². The molecule has 0 aliphatic heterocycles. The van der Waals surface area contributed by atoms with Crippen molar-refractivity contribution in [1.29, 1.82) is 0 Å². The molecule has 0 radical (unpaired) electrons. The van der Waals surface area contributed by atoms with Gasteiger partial charge in [-0.05, 0) is 11.1 Å². The standard InChI is InChI=1S/C28H37N5O5/c1-28(2,22-11-7-4-8-12-22)19-33(13-14-34)25(35)17-30-26(36)24(15-23-16-29-20-31-23)32-27(37)38-18-21-9-5-3-6-10-21/h3-12,16,20,24,26,30,34,36H,13-15,17-19H2,1-2H3,(H,29,31)(H,32,37)/t24-,26-/m0/s1. The van der Waals surface area contributed by atoms with Crippen LogP contribution in [0.2, 0.25) is 0 Å². The second kappa shape index (κ2) is 14.3. The number of ether oxygens (including phenoxy) is 1. The number of nitrogens with one attached hydrogen (secondary N) is 3. The monoisotopic (exact) mass is 523 g/mol. The maximum Gasteiger partial charge on any atom is 0.407 e. The summed E-state index contributed by atoms with van der Waals surface area (Å²) in [5.41, 5.74) is 2.25. The number of alkyl carbamates (subject to hydrolysis) is 1. The molecule has 10 nitrogen and oxygen atoms in total. The predicted molar refractivity (Wildman–Crippen MR) is 143 cm³/mol. The Morgan fingerprint density at radius 3 is 2.42 bits per heavy atom. The average Bonchev–Trinajstić information content (AvgIpc) is 3.44. The first kappa shape index (κ1) is 28.8. The normalized spacial score (nSPS) is 12.9. The lowest BCUT2D eigenvalue weighted by molar-refractivity contribution is -0.132. The predicted octanol–water partition coefficient (Wildman–Crippen LogP) is 1.95. The molecule has 3 aromatic rings. The summed E-state index contributed by atoms with van der Waals surface area (Å²) in [6.07, 6.45) is 1.37. The average molecular weight is 524 g/mol. The van der Waals surface area contributed by atoms with E-state index in [1.807, 2.05) is 74.5 Å². The Morgan fingerprint density at radius 1 is 1.11 bits per heavy atom. The van der Waals surface area contributed by atoms with Crippen molar-refractivity contribution in [2.45, 2.75) is 44.6 Å². The maximum atomic E-state index is 13.1. The Balaban J connectivity index is 1.59. The molecule has 0 aliphatic rings. The zero-order valence-electron chi connectivity index (χ0n) is 21.8. The molecule has 0 unspecified atom stereocenters. The molecule has 2 atom stereocenters. The van der Waals surface area contributed by atoms with Crippen LogP contribution in [-0.4, -0.2) is 75.6 Å². The van der Waals surface area contributed by atoms with Gasteiger partial charge in [0.2, 0.25) is 5.91 Å². The number of carbonyl (C=O) groups excluding carboxylic acids is 2. The second-order valence-corrected chi connectivity index (χ2v) is 9.71. The highest BCUT2D eigenvalue weighted by Crippen LogP contribution is 2.24. The largest absolute Gasteiger partial charge is 0.445 e. The summed E-state index contributed by atoms with van der Waals surface area (Å²) < 4.78 is 5.30. The van der Waals surface area contributed by atoms with Crippen molar-refractivity contribution in [1.82, 2.24) is 25.5 Å². The van der Waals surface area contributed by atoms with Gasteiger partial charge in [-0.25, -0.2) is 9.78 Å². The number of aliphatic hydroxyl groups excluding tert-OH is 2. The van der Waals surface area contributed by atoms with E-state index in [4.69, 9.17) is 4.74 Å². The van der Waals surface area contributed by atoms with Crippen molar-refractivity contribution in [2.24, 2.45) is 0 Å². The number of hydrogen-bond donors (Lipinski definition) is 5. The van der Waals surface area contributed by atoms with Crippen molar-refractivity contribution in [3.8, 4) is 0 Å². The van der Waals surface area contributed by atoms with E-state index in [9.17, 15) is 19.8 Å².